The maximum absolute atomic E-state index is 13.3. The van der Waals surface area contributed by atoms with Crippen LogP contribution in [0.15, 0.2) is 89.1 Å². The smallest absolute Gasteiger partial charge is 0.340 e. The number of benzene rings is 3. The average Bonchev–Trinajstić information content (AvgIpc) is 3.42. The lowest BCUT2D eigenvalue weighted by Gasteiger charge is -2.35. The van der Waals surface area contributed by atoms with E-state index in [1.54, 1.807) is 0 Å². The molecule has 7 nitrogen and oxygen atoms in total. The molecule has 0 spiro atoms. The summed E-state index contributed by atoms with van der Waals surface area (Å²) in [6.07, 6.45) is 0. The first-order chi connectivity index (χ1) is 17.9. The number of anilines is 1. The summed E-state index contributed by atoms with van der Waals surface area (Å²) >= 11 is 7.71. The van der Waals surface area contributed by atoms with Crippen LogP contribution >= 0.6 is 22.9 Å². The van der Waals surface area contributed by atoms with E-state index in [0.29, 0.717) is 31.9 Å². The number of carbonyl (C=O) groups excluding carboxylic acids is 1. The molecule has 0 unspecified atom stereocenters. The second-order valence-corrected chi connectivity index (χ2v) is 11.7. The van der Waals surface area contributed by atoms with E-state index in [4.69, 9.17) is 16.3 Å². The van der Waals surface area contributed by atoms with E-state index in [-0.39, 0.29) is 22.1 Å². The maximum Gasteiger partial charge on any atom is 0.340 e. The highest BCUT2D eigenvalue weighted by molar-refractivity contribution is 7.89. The van der Waals surface area contributed by atoms with Crippen LogP contribution in [0, 0.1) is 0 Å². The van der Waals surface area contributed by atoms with Crippen molar-refractivity contribution in [2.45, 2.75) is 11.5 Å². The minimum atomic E-state index is -3.81. The number of ether oxygens (including phenoxy) is 1. The standard InChI is InChI=1S/C27H24ClN3O4S2/c28-25-12-11-23(37(33,34)31-15-13-30(14-16-31)22-9-5-2-6-10-22)17-24(25)27(32)35-18-21-19-36-26(29-21)20-7-3-1-4-8-20/h1-12,17,19H,13-16,18H2. The molecule has 37 heavy (non-hydrogen) atoms. The molecule has 4 aromatic rings. The van der Waals surface area contributed by atoms with E-state index in [0.717, 1.165) is 16.3 Å². The van der Waals surface area contributed by atoms with Gasteiger partial charge in [0.15, 0.2) is 0 Å². The number of sulfonamides is 1. The highest BCUT2D eigenvalue weighted by Crippen LogP contribution is 2.27. The van der Waals surface area contributed by atoms with Crippen LogP contribution in [-0.4, -0.2) is 49.9 Å². The number of halogens is 1. The number of piperazine rings is 1. The SMILES string of the molecule is O=C(OCc1csc(-c2ccccc2)n1)c1cc(S(=O)(=O)N2CCN(c3ccccc3)CC2)ccc1Cl. The van der Waals surface area contributed by atoms with Gasteiger partial charge in [-0.15, -0.1) is 11.3 Å². The Hall–Kier alpha value is -3.24. The van der Waals surface area contributed by atoms with Gasteiger partial charge >= 0.3 is 5.97 Å². The van der Waals surface area contributed by atoms with Crippen molar-refractivity contribution in [2.75, 3.05) is 31.1 Å². The van der Waals surface area contributed by atoms with Crippen molar-refractivity contribution in [3.63, 3.8) is 0 Å². The van der Waals surface area contributed by atoms with Gasteiger partial charge in [0, 0.05) is 42.8 Å². The molecule has 0 amide bonds. The molecule has 0 atom stereocenters. The number of esters is 1. The molecule has 1 aromatic heterocycles. The molecule has 1 aliphatic heterocycles. The fourth-order valence-corrected chi connectivity index (χ4v) is 6.55. The van der Waals surface area contributed by atoms with Gasteiger partial charge in [-0.1, -0.05) is 60.1 Å². The highest BCUT2D eigenvalue weighted by Gasteiger charge is 2.30. The summed E-state index contributed by atoms with van der Waals surface area (Å²) in [7, 11) is -3.81. The zero-order valence-electron chi connectivity index (χ0n) is 19.8. The van der Waals surface area contributed by atoms with Crippen molar-refractivity contribution in [2.24, 2.45) is 0 Å². The van der Waals surface area contributed by atoms with E-state index in [2.05, 4.69) is 9.88 Å². The summed E-state index contributed by atoms with van der Waals surface area (Å²) < 4.78 is 33.5. The van der Waals surface area contributed by atoms with Gasteiger partial charge in [0.1, 0.15) is 11.6 Å². The van der Waals surface area contributed by atoms with Crippen LogP contribution in [0.4, 0.5) is 5.69 Å². The Morgan fingerprint density at radius 3 is 2.32 bits per heavy atom. The lowest BCUT2D eigenvalue weighted by atomic mass is 10.2. The van der Waals surface area contributed by atoms with Crippen LogP contribution in [0.2, 0.25) is 5.02 Å². The first-order valence-electron chi connectivity index (χ1n) is 11.7. The summed E-state index contributed by atoms with van der Waals surface area (Å²) in [5.41, 5.74) is 2.65. The van der Waals surface area contributed by atoms with Crippen LogP contribution < -0.4 is 4.90 Å². The van der Waals surface area contributed by atoms with Crippen LogP contribution in [0.5, 0.6) is 0 Å². The van der Waals surface area contributed by atoms with E-state index in [1.165, 1.54) is 33.8 Å². The molecule has 0 aliphatic carbocycles. The molecule has 0 bridgehead atoms. The summed E-state index contributed by atoms with van der Waals surface area (Å²) in [5, 5.41) is 2.78. The monoisotopic (exact) mass is 553 g/mol. The van der Waals surface area contributed by atoms with Crippen molar-refractivity contribution >= 4 is 44.6 Å². The van der Waals surface area contributed by atoms with Gasteiger partial charge in [0.25, 0.3) is 0 Å². The molecular formula is C27H24ClN3O4S2. The Bertz CT molecular complexity index is 1490. The van der Waals surface area contributed by atoms with Crippen LogP contribution in [0.1, 0.15) is 16.1 Å². The van der Waals surface area contributed by atoms with Gasteiger partial charge in [-0.25, -0.2) is 18.2 Å². The Morgan fingerprint density at radius 1 is 0.946 bits per heavy atom. The number of carbonyl (C=O) groups is 1. The molecule has 1 aliphatic rings. The second-order valence-electron chi connectivity index (χ2n) is 8.45. The first-order valence-corrected chi connectivity index (χ1v) is 14.4. The molecular weight excluding hydrogens is 530 g/mol. The highest BCUT2D eigenvalue weighted by atomic mass is 35.5. The molecule has 0 radical (unpaired) electrons. The Morgan fingerprint density at radius 2 is 1.62 bits per heavy atom. The van der Waals surface area contributed by atoms with E-state index < -0.39 is 16.0 Å². The minimum Gasteiger partial charge on any atom is -0.456 e. The topological polar surface area (TPSA) is 79.8 Å². The molecule has 190 valence electrons. The number of thiazole rings is 1. The summed E-state index contributed by atoms with van der Waals surface area (Å²) in [6, 6.07) is 23.7. The lowest BCUT2D eigenvalue weighted by molar-refractivity contribution is 0.0468. The molecule has 1 fully saturated rings. The fraction of sp³-hybridized carbons (Fsp3) is 0.185. The average molecular weight is 554 g/mol. The number of hydrogen-bond donors (Lipinski definition) is 0. The number of aromatic nitrogens is 1. The van der Waals surface area contributed by atoms with Crippen molar-refractivity contribution in [3.8, 4) is 10.6 Å². The number of nitrogens with zero attached hydrogens (tertiary/aromatic N) is 3. The third kappa shape index (κ3) is 5.70. The number of para-hydroxylation sites is 1. The van der Waals surface area contributed by atoms with E-state index >= 15 is 0 Å². The van der Waals surface area contributed by atoms with Crippen molar-refractivity contribution in [3.05, 3.63) is 101 Å². The Balaban J connectivity index is 1.25. The molecule has 0 saturated carbocycles. The molecule has 10 heteroatoms. The van der Waals surface area contributed by atoms with Gasteiger partial charge in [-0.3, -0.25) is 0 Å². The second kappa shape index (κ2) is 11.0. The van der Waals surface area contributed by atoms with Crippen LogP contribution in [0.25, 0.3) is 10.6 Å². The normalized spacial score (nSPS) is 14.5. The van der Waals surface area contributed by atoms with Crippen LogP contribution in [0.3, 0.4) is 0 Å². The van der Waals surface area contributed by atoms with Gasteiger partial charge in [0.05, 0.1) is 21.2 Å². The van der Waals surface area contributed by atoms with Crippen molar-refractivity contribution in [1.82, 2.24) is 9.29 Å². The zero-order valence-corrected chi connectivity index (χ0v) is 22.2. The minimum absolute atomic E-state index is 0.00387. The molecule has 5 rings (SSSR count). The van der Waals surface area contributed by atoms with Crippen molar-refractivity contribution < 1.29 is 17.9 Å². The zero-order chi connectivity index (χ0) is 25.8. The predicted octanol–water partition coefficient (Wildman–Crippen LogP) is 5.33. The molecule has 3 aromatic carbocycles. The lowest BCUT2D eigenvalue weighted by Crippen LogP contribution is -2.48. The summed E-state index contributed by atoms with van der Waals surface area (Å²) in [5.74, 6) is -0.704. The first kappa shape index (κ1) is 25.4. The van der Waals surface area contributed by atoms with E-state index in [9.17, 15) is 13.2 Å². The number of rotatable bonds is 7. The maximum atomic E-state index is 13.3. The van der Waals surface area contributed by atoms with Gasteiger partial charge in [0.2, 0.25) is 10.0 Å². The van der Waals surface area contributed by atoms with Crippen LogP contribution in [-0.2, 0) is 21.4 Å². The third-order valence-corrected chi connectivity index (χ3v) is 9.24. The van der Waals surface area contributed by atoms with E-state index in [1.807, 2.05) is 66.0 Å². The molecule has 2 heterocycles. The Kier molecular flexibility index (Phi) is 7.57. The molecule has 0 N–H and O–H groups in total. The summed E-state index contributed by atoms with van der Waals surface area (Å²) in [4.78, 5) is 19.5. The molecule has 1 saturated heterocycles. The predicted molar refractivity (Wildman–Crippen MR) is 146 cm³/mol. The quantitative estimate of drug-likeness (QED) is 0.288. The third-order valence-electron chi connectivity index (χ3n) is 6.08. The number of hydrogen-bond acceptors (Lipinski definition) is 7. The van der Waals surface area contributed by atoms with Gasteiger partial charge in [-0.05, 0) is 30.3 Å². The van der Waals surface area contributed by atoms with Gasteiger partial charge < -0.3 is 9.64 Å². The van der Waals surface area contributed by atoms with Gasteiger partial charge in [-0.2, -0.15) is 4.31 Å². The summed E-state index contributed by atoms with van der Waals surface area (Å²) in [6.45, 7) is 1.78. The van der Waals surface area contributed by atoms with Crippen molar-refractivity contribution in [1.29, 1.82) is 0 Å². The fourth-order valence-electron chi connectivity index (χ4n) is 4.10. The Labute approximate surface area is 225 Å². The largest absolute Gasteiger partial charge is 0.456 e.